The Labute approximate surface area is 155 Å². The van der Waals surface area contributed by atoms with Gasteiger partial charge in [-0.25, -0.2) is 9.97 Å². The number of hydrogen-bond donors (Lipinski definition) is 2. The minimum Gasteiger partial charge on any atom is -0.354 e. The fourth-order valence-corrected chi connectivity index (χ4v) is 3.13. The van der Waals surface area contributed by atoms with E-state index in [1.54, 1.807) is 12.3 Å². The van der Waals surface area contributed by atoms with Crippen molar-refractivity contribution in [3.63, 3.8) is 0 Å². The van der Waals surface area contributed by atoms with Gasteiger partial charge in [-0.05, 0) is 50.7 Å². The Morgan fingerprint density at radius 3 is 2.96 bits per heavy atom. The fraction of sp³-hybridized carbons (Fsp3) is 0.381. The number of anilines is 1. The molecule has 136 valence electrons. The van der Waals surface area contributed by atoms with Crippen molar-refractivity contribution in [2.24, 2.45) is 0 Å². The Morgan fingerprint density at radius 1 is 1.23 bits per heavy atom. The summed E-state index contributed by atoms with van der Waals surface area (Å²) in [6.45, 7) is 3.32. The molecule has 1 aliphatic carbocycles. The highest BCUT2D eigenvalue weighted by Crippen LogP contribution is 2.19. The zero-order chi connectivity index (χ0) is 18.2. The normalized spacial score (nSPS) is 13.8. The van der Waals surface area contributed by atoms with Crippen LogP contribution in [0.25, 0.3) is 0 Å². The van der Waals surface area contributed by atoms with Crippen molar-refractivity contribution in [3.05, 3.63) is 65.0 Å². The zero-order valence-electron chi connectivity index (χ0n) is 15.3. The number of aryl methyl sites for hydroxylation is 1. The Balaban J connectivity index is 1.51. The lowest BCUT2D eigenvalue weighted by atomic mass is 9.97. The molecular formula is C21H26N4O. The van der Waals surface area contributed by atoms with Gasteiger partial charge in [0, 0.05) is 19.3 Å². The molecule has 0 unspecified atom stereocenters. The molecule has 0 fully saturated rings. The van der Waals surface area contributed by atoms with Crippen molar-refractivity contribution in [1.82, 2.24) is 15.3 Å². The first-order chi connectivity index (χ1) is 12.7. The predicted molar refractivity (Wildman–Crippen MR) is 104 cm³/mol. The summed E-state index contributed by atoms with van der Waals surface area (Å²) in [5.41, 5.74) is 4.15. The van der Waals surface area contributed by atoms with E-state index in [9.17, 15) is 4.79 Å². The van der Waals surface area contributed by atoms with Gasteiger partial charge in [0.2, 0.25) is 5.95 Å². The highest BCUT2D eigenvalue weighted by molar-refractivity contribution is 5.92. The molecule has 5 heteroatoms. The van der Waals surface area contributed by atoms with E-state index >= 15 is 0 Å². The topological polar surface area (TPSA) is 66.9 Å². The highest BCUT2D eigenvalue weighted by atomic mass is 16.1. The molecule has 5 nitrogen and oxygen atoms in total. The summed E-state index contributed by atoms with van der Waals surface area (Å²) in [6, 6.07) is 9.73. The van der Waals surface area contributed by atoms with E-state index in [-0.39, 0.29) is 5.91 Å². The largest absolute Gasteiger partial charge is 0.354 e. The van der Waals surface area contributed by atoms with Crippen LogP contribution in [-0.2, 0) is 6.54 Å². The second-order valence-electron chi connectivity index (χ2n) is 6.72. The molecule has 1 aromatic carbocycles. The van der Waals surface area contributed by atoms with Crippen LogP contribution < -0.4 is 10.6 Å². The minimum absolute atomic E-state index is 0.188. The predicted octanol–water partition coefficient (Wildman–Crippen LogP) is 4.02. The fourth-order valence-electron chi connectivity index (χ4n) is 3.13. The number of carbonyl (C=O) groups excluding carboxylic acids is 1. The number of nitrogens with one attached hydrogen (secondary N) is 2. The van der Waals surface area contributed by atoms with E-state index in [1.807, 2.05) is 25.1 Å². The van der Waals surface area contributed by atoms with Gasteiger partial charge in [0.25, 0.3) is 5.91 Å². The summed E-state index contributed by atoms with van der Waals surface area (Å²) in [5.74, 6) is 0.316. The summed E-state index contributed by atoms with van der Waals surface area (Å²) >= 11 is 0. The molecule has 0 spiro atoms. The van der Waals surface area contributed by atoms with Gasteiger partial charge < -0.3 is 10.6 Å². The second kappa shape index (κ2) is 9.13. The van der Waals surface area contributed by atoms with Crippen molar-refractivity contribution in [2.75, 3.05) is 11.9 Å². The number of nitrogens with zero attached hydrogens (tertiary/aromatic N) is 2. The van der Waals surface area contributed by atoms with Gasteiger partial charge in [-0.2, -0.15) is 0 Å². The van der Waals surface area contributed by atoms with E-state index in [1.165, 1.54) is 36.8 Å². The quantitative estimate of drug-likeness (QED) is 0.740. The average molecular weight is 350 g/mol. The first-order valence-corrected chi connectivity index (χ1v) is 9.29. The Bertz CT molecular complexity index is 785. The number of carbonyl (C=O) groups is 1. The Morgan fingerprint density at radius 2 is 2.15 bits per heavy atom. The van der Waals surface area contributed by atoms with E-state index in [2.05, 4.69) is 32.7 Å². The number of allylic oxidation sites excluding steroid dienone is 1. The zero-order valence-corrected chi connectivity index (χ0v) is 15.3. The Hall–Kier alpha value is -2.69. The van der Waals surface area contributed by atoms with Crippen LogP contribution >= 0.6 is 0 Å². The molecule has 0 saturated carbocycles. The first-order valence-electron chi connectivity index (χ1n) is 9.29. The van der Waals surface area contributed by atoms with Gasteiger partial charge >= 0.3 is 0 Å². The van der Waals surface area contributed by atoms with Gasteiger partial charge in [0.05, 0.1) is 0 Å². The van der Waals surface area contributed by atoms with Crippen LogP contribution in [0, 0.1) is 6.92 Å². The smallest absolute Gasteiger partial charge is 0.270 e. The lowest BCUT2D eigenvalue weighted by Gasteiger charge is -2.13. The van der Waals surface area contributed by atoms with Crippen molar-refractivity contribution in [3.8, 4) is 0 Å². The van der Waals surface area contributed by atoms with E-state index in [0.29, 0.717) is 18.2 Å². The second-order valence-corrected chi connectivity index (χ2v) is 6.72. The standard InChI is InChI=1S/C21H26N4O/c1-16-6-5-9-18(14-16)15-24-20(26)19-11-13-23-21(25-19)22-12-10-17-7-3-2-4-8-17/h5-7,9,11,13-14H,2-4,8,10,12,15H2,1H3,(H,24,26)(H,22,23,25). The third-order valence-electron chi connectivity index (χ3n) is 4.54. The summed E-state index contributed by atoms with van der Waals surface area (Å²) in [6.07, 6.45) is 9.97. The lowest BCUT2D eigenvalue weighted by Crippen LogP contribution is -2.24. The molecule has 1 heterocycles. The summed E-state index contributed by atoms with van der Waals surface area (Å²) in [4.78, 5) is 20.9. The molecule has 1 aliphatic rings. The highest BCUT2D eigenvalue weighted by Gasteiger charge is 2.09. The van der Waals surface area contributed by atoms with Crippen molar-refractivity contribution in [1.29, 1.82) is 0 Å². The van der Waals surface area contributed by atoms with Gasteiger partial charge in [0.15, 0.2) is 0 Å². The molecule has 1 amide bonds. The van der Waals surface area contributed by atoms with Gasteiger partial charge in [-0.1, -0.05) is 41.5 Å². The monoisotopic (exact) mass is 350 g/mol. The minimum atomic E-state index is -0.188. The third kappa shape index (κ3) is 5.41. The summed E-state index contributed by atoms with van der Waals surface area (Å²) < 4.78 is 0. The van der Waals surface area contributed by atoms with Crippen LogP contribution in [0.4, 0.5) is 5.95 Å². The molecule has 0 atom stereocenters. The van der Waals surface area contributed by atoms with Crippen LogP contribution in [0.5, 0.6) is 0 Å². The molecular weight excluding hydrogens is 324 g/mol. The molecule has 0 aliphatic heterocycles. The SMILES string of the molecule is Cc1cccc(CNC(=O)c2ccnc(NCCC3=CCCCC3)n2)c1. The van der Waals surface area contributed by atoms with E-state index in [4.69, 9.17) is 0 Å². The number of aromatic nitrogens is 2. The van der Waals surface area contributed by atoms with Crippen LogP contribution in [0.3, 0.4) is 0 Å². The summed E-state index contributed by atoms with van der Waals surface area (Å²) in [7, 11) is 0. The molecule has 0 saturated heterocycles. The number of amides is 1. The van der Waals surface area contributed by atoms with Crippen LogP contribution in [0.1, 0.15) is 53.7 Å². The molecule has 26 heavy (non-hydrogen) atoms. The number of hydrogen-bond acceptors (Lipinski definition) is 4. The van der Waals surface area contributed by atoms with Crippen LogP contribution in [-0.4, -0.2) is 22.4 Å². The van der Waals surface area contributed by atoms with Gasteiger partial charge in [-0.3, -0.25) is 4.79 Å². The summed E-state index contributed by atoms with van der Waals surface area (Å²) in [5, 5.41) is 6.14. The lowest BCUT2D eigenvalue weighted by molar-refractivity contribution is 0.0946. The molecule has 0 radical (unpaired) electrons. The number of rotatable bonds is 7. The van der Waals surface area contributed by atoms with Crippen molar-refractivity contribution < 1.29 is 4.79 Å². The van der Waals surface area contributed by atoms with E-state index in [0.717, 1.165) is 18.5 Å². The van der Waals surface area contributed by atoms with Crippen molar-refractivity contribution >= 4 is 11.9 Å². The van der Waals surface area contributed by atoms with E-state index < -0.39 is 0 Å². The third-order valence-corrected chi connectivity index (χ3v) is 4.54. The van der Waals surface area contributed by atoms with Crippen LogP contribution in [0.15, 0.2) is 48.2 Å². The first kappa shape index (κ1) is 18.1. The van der Waals surface area contributed by atoms with Crippen molar-refractivity contribution in [2.45, 2.75) is 45.6 Å². The maximum Gasteiger partial charge on any atom is 0.270 e. The molecule has 0 bridgehead atoms. The molecule has 2 aromatic rings. The maximum absolute atomic E-state index is 12.3. The van der Waals surface area contributed by atoms with Gasteiger partial charge in [0.1, 0.15) is 5.69 Å². The van der Waals surface area contributed by atoms with Crippen LogP contribution in [0.2, 0.25) is 0 Å². The number of benzene rings is 1. The average Bonchev–Trinajstić information content (AvgIpc) is 2.67. The Kier molecular flexibility index (Phi) is 6.36. The molecule has 2 N–H and O–H groups in total. The molecule has 3 rings (SSSR count). The molecule has 1 aromatic heterocycles. The maximum atomic E-state index is 12.3. The van der Waals surface area contributed by atoms with Gasteiger partial charge in [-0.15, -0.1) is 0 Å².